The summed E-state index contributed by atoms with van der Waals surface area (Å²) >= 11 is 0. The fraction of sp³-hybridized carbons (Fsp3) is 0.600. The lowest BCUT2D eigenvalue weighted by Crippen LogP contribution is -2.50. The minimum absolute atomic E-state index is 0.224. The Bertz CT molecular complexity index is 881. The van der Waals surface area contributed by atoms with E-state index in [1.807, 2.05) is 0 Å². The fourth-order valence-electron chi connectivity index (χ4n) is 7.32. The van der Waals surface area contributed by atoms with E-state index in [0.717, 1.165) is 32.1 Å². The third-order valence-electron chi connectivity index (χ3n) is 9.06. The van der Waals surface area contributed by atoms with Gasteiger partial charge in [-0.15, -0.1) is 0 Å². The van der Waals surface area contributed by atoms with Gasteiger partial charge in [0, 0.05) is 32.7 Å². The van der Waals surface area contributed by atoms with Gasteiger partial charge in [0.25, 0.3) is 0 Å². The summed E-state index contributed by atoms with van der Waals surface area (Å²) in [6.07, 6.45) is 3.73. The number of benzene rings is 2. The summed E-state index contributed by atoms with van der Waals surface area (Å²) in [5, 5.41) is 10.8. The summed E-state index contributed by atoms with van der Waals surface area (Å²) in [7, 11) is 0. The summed E-state index contributed by atoms with van der Waals surface area (Å²) in [6.45, 7) is 12.2. The van der Waals surface area contributed by atoms with Crippen molar-refractivity contribution >= 4 is 0 Å². The van der Waals surface area contributed by atoms with Crippen molar-refractivity contribution in [2.45, 2.75) is 58.3 Å². The number of rotatable bonds is 8. The third kappa shape index (κ3) is 4.70. The Hall–Kier alpha value is -1.72. The molecule has 2 bridgehead atoms. The largest absolute Gasteiger partial charge is 0.389 e. The molecule has 184 valence electrons. The first-order valence-electron chi connectivity index (χ1n) is 13.2. The highest BCUT2D eigenvalue weighted by atomic mass is 16.5. The molecule has 2 aromatic rings. The maximum Gasteiger partial charge on any atom is 0.0900 e. The van der Waals surface area contributed by atoms with E-state index in [1.165, 1.54) is 30.4 Å². The van der Waals surface area contributed by atoms with E-state index in [0.29, 0.717) is 18.6 Å². The zero-order valence-electron chi connectivity index (χ0n) is 21.2. The summed E-state index contributed by atoms with van der Waals surface area (Å²) in [5.41, 5.74) is 3.21. The van der Waals surface area contributed by atoms with Crippen LogP contribution in [-0.4, -0.2) is 66.4 Å². The lowest BCUT2D eigenvalue weighted by atomic mass is 9.70. The van der Waals surface area contributed by atoms with Crippen molar-refractivity contribution in [2.24, 2.45) is 16.7 Å². The minimum Gasteiger partial charge on any atom is -0.389 e. The van der Waals surface area contributed by atoms with Gasteiger partial charge in [0.2, 0.25) is 0 Å². The molecule has 4 atom stereocenters. The number of ether oxygens (including phenoxy) is 1. The monoisotopic (exact) mass is 462 g/mol. The van der Waals surface area contributed by atoms with Crippen LogP contribution >= 0.6 is 0 Å². The number of piperazine rings is 1. The quantitative estimate of drug-likeness (QED) is 0.600. The first kappa shape index (κ1) is 24.0. The molecule has 34 heavy (non-hydrogen) atoms. The topological polar surface area (TPSA) is 35.9 Å². The van der Waals surface area contributed by atoms with Crippen molar-refractivity contribution in [1.29, 1.82) is 0 Å². The van der Waals surface area contributed by atoms with Gasteiger partial charge in [0.15, 0.2) is 0 Å². The van der Waals surface area contributed by atoms with Gasteiger partial charge in [-0.1, -0.05) is 81.4 Å². The number of aliphatic hydroxyl groups is 1. The molecule has 0 aromatic heterocycles. The van der Waals surface area contributed by atoms with Crippen LogP contribution in [0.5, 0.6) is 0 Å². The summed E-state index contributed by atoms with van der Waals surface area (Å²) in [4.78, 5) is 4.99. The highest BCUT2D eigenvalue weighted by Gasteiger charge is 2.60. The summed E-state index contributed by atoms with van der Waals surface area (Å²) in [6, 6.07) is 21.9. The molecule has 0 spiro atoms. The van der Waals surface area contributed by atoms with E-state index in [2.05, 4.69) is 91.2 Å². The van der Waals surface area contributed by atoms with E-state index < -0.39 is 6.10 Å². The third-order valence-corrected chi connectivity index (χ3v) is 9.06. The second-order valence-electron chi connectivity index (χ2n) is 11.8. The van der Waals surface area contributed by atoms with Gasteiger partial charge in [-0.2, -0.15) is 0 Å². The Morgan fingerprint density at radius 1 is 0.912 bits per heavy atom. The molecule has 4 heteroatoms. The molecule has 4 nitrogen and oxygen atoms in total. The van der Waals surface area contributed by atoms with Gasteiger partial charge in [-0.3, -0.25) is 9.80 Å². The van der Waals surface area contributed by atoms with E-state index >= 15 is 0 Å². The lowest BCUT2D eigenvalue weighted by molar-refractivity contribution is -0.114. The maximum absolute atomic E-state index is 10.8. The molecular formula is C30H42N2O2. The average molecular weight is 463 g/mol. The van der Waals surface area contributed by atoms with Gasteiger partial charge in [0.1, 0.15) is 0 Å². The van der Waals surface area contributed by atoms with Crippen LogP contribution in [0.15, 0.2) is 60.7 Å². The number of aliphatic hydroxyl groups excluding tert-OH is 1. The van der Waals surface area contributed by atoms with E-state index in [4.69, 9.17) is 4.74 Å². The van der Waals surface area contributed by atoms with E-state index in [-0.39, 0.29) is 17.6 Å². The van der Waals surface area contributed by atoms with Gasteiger partial charge >= 0.3 is 0 Å². The first-order chi connectivity index (χ1) is 16.4. The standard InChI is InChI=1S/C30H42N2O2/c1-29(2)25-14-15-30(3,20-25)28(29)34-22-26(33)21-31-16-18-32(19-17-31)27(23-10-6-4-7-11-23)24-12-8-5-9-13-24/h4-13,25-28,33H,14-22H2,1-3H3/t25-,26-,28-,30-/m1/s1. The van der Waals surface area contributed by atoms with Crippen LogP contribution in [0.25, 0.3) is 0 Å². The molecule has 3 fully saturated rings. The number of hydrogen-bond acceptors (Lipinski definition) is 4. The normalized spacial score (nSPS) is 30.1. The van der Waals surface area contributed by atoms with Crippen LogP contribution in [0.3, 0.4) is 0 Å². The smallest absolute Gasteiger partial charge is 0.0900 e. The Morgan fingerprint density at radius 3 is 2.03 bits per heavy atom. The van der Waals surface area contributed by atoms with Crippen molar-refractivity contribution in [1.82, 2.24) is 9.80 Å². The Labute approximate surface area is 205 Å². The Kier molecular flexibility index (Phi) is 6.87. The second kappa shape index (κ2) is 9.73. The van der Waals surface area contributed by atoms with Crippen molar-refractivity contribution in [3.8, 4) is 0 Å². The molecule has 0 radical (unpaired) electrons. The number of hydrogen-bond donors (Lipinski definition) is 1. The van der Waals surface area contributed by atoms with E-state index in [1.54, 1.807) is 0 Å². The van der Waals surface area contributed by atoms with Crippen LogP contribution in [0, 0.1) is 16.7 Å². The zero-order chi connectivity index (χ0) is 23.8. The van der Waals surface area contributed by atoms with Crippen molar-refractivity contribution < 1.29 is 9.84 Å². The van der Waals surface area contributed by atoms with Crippen LogP contribution in [0.1, 0.15) is 57.2 Å². The van der Waals surface area contributed by atoms with Crippen LogP contribution in [0.4, 0.5) is 0 Å². The van der Waals surface area contributed by atoms with Gasteiger partial charge in [0.05, 0.1) is 24.9 Å². The zero-order valence-corrected chi connectivity index (χ0v) is 21.2. The van der Waals surface area contributed by atoms with Crippen LogP contribution in [0.2, 0.25) is 0 Å². The molecule has 1 aliphatic heterocycles. The average Bonchev–Trinajstić information content (AvgIpc) is 3.32. The minimum atomic E-state index is -0.427. The molecule has 1 heterocycles. The molecule has 5 rings (SSSR count). The molecular weight excluding hydrogens is 420 g/mol. The molecule has 1 N–H and O–H groups in total. The van der Waals surface area contributed by atoms with Gasteiger partial charge in [-0.25, -0.2) is 0 Å². The second-order valence-corrected chi connectivity index (χ2v) is 11.8. The van der Waals surface area contributed by atoms with E-state index in [9.17, 15) is 5.11 Å². The predicted octanol–water partition coefficient (Wildman–Crippen LogP) is 4.99. The maximum atomic E-state index is 10.8. The number of fused-ring (bicyclic) bond motifs is 2. The lowest BCUT2D eigenvalue weighted by Gasteiger charge is -2.43. The number of nitrogens with zero attached hydrogens (tertiary/aromatic N) is 2. The van der Waals surface area contributed by atoms with Crippen LogP contribution < -0.4 is 0 Å². The molecule has 2 aliphatic carbocycles. The van der Waals surface area contributed by atoms with Crippen molar-refractivity contribution in [3.63, 3.8) is 0 Å². The highest BCUT2D eigenvalue weighted by Crippen LogP contribution is 2.63. The first-order valence-corrected chi connectivity index (χ1v) is 13.2. The SMILES string of the molecule is CC1(C)[C@@H]2CC[C@](C)(C2)[C@@H]1OC[C@H](O)CN1CCN(C(c2ccccc2)c2ccccc2)CC1. The molecule has 3 aliphatic rings. The molecule has 1 saturated heterocycles. The number of β-amino-alcohol motifs (C(OH)–C–C–N with tert-alkyl or cyclic N) is 1. The Balaban J connectivity index is 1.15. The molecule has 2 aromatic carbocycles. The summed E-state index contributed by atoms with van der Waals surface area (Å²) in [5.74, 6) is 0.773. The molecule has 0 unspecified atom stereocenters. The Morgan fingerprint density at radius 2 is 1.50 bits per heavy atom. The summed E-state index contributed by atoms with van der Waals surface area (Å²) < 4.78 is 6.45. The van der Waals surface area contributed by atoms with Gasteiger partial charge in [-0.05, 0) is 47.1 Å². The molecule has 2 saturated carbocycles. The highest BCUT2D eigenvalue weighted by molar-refractivity contribution is 5.32. The molecule has 0 amide bonds. The van der Waals surface area contributed by atoms with Crippen molar-refractivity contribution in [3.05, 3.63) is 71.8 Å². The fourth-order valence-corrected chi connectivity index (χ4v) is 7.32. The van der Waals surface area contributed by atoms with Gasteiger partial charge < -0.3 is 9.84 Å². The van der Waals surface area contributed by atoms with Crippen molar-refractivity contribution in [2.75, 3.05) is 39.3 Å². The van der Waals surface area contributed by atoms with Crippen LogP contribution in [-0.2, 0) is 4.74 Å². The predicted molar refractivity (Wildman–Crippen MR) is 138 cm³/mol.